The number of carboxylic acids is 1. The van der Waals surface area contributed by atoms with E-state index in [0.29, 0.717) is 212 Å². The highest BCUT2D eigenvalue weighted by Gasteiger charge is 2.53. The molecule has 0 radical (unpaired) electrons. The van der Waals surface area contributed by atoms with E-state index < -0.39 is 46.3 Å². The fourth-order valence-electron chi connectivity index (χ4n) is 19.1. The summed E-state index contributed by atoms with van der Waals surface area (Å²) in [5, 5.41) is 30.2. The maximum Gasteiger partial charge on any atom is 0.495 e. The molecule has 4 amide bonds. The standard InChI is InChI=1S/C33H34FNO6.C26H30BFO6.C13H16INO2.C13H16N2O4.C13H18N2O2.C9H9NO4.5CH4/c1-19-14-21(33(37)35-10-12-39-13-11-35)15-20(2)31(19)25-6-8-27(34)32-26(25)7-9-28(32)41-23-4-5-24-22(16-30(36)38-3)18-40-29(24)17-23;1-25(2)26(3,4)34-27(33-25)19-9-10-20(28)24-18(19)8-11-21(24)32-16-6-7-17-15(12-23(29)30-5)14-31-22(17)13-16;1-9-7-11(8-10(2)12(9)14)13(16)15-3-5-17-6-4-15;1-9-7-11(8-10(2)12(9)15(17)18)13(16)14-3-5-19-6-4-14;1-9-7-11(8-10(2)12(9)14)13(16)15-3-5-17-6-4-15;1-5-3-7(9(11)12)4-6(2)8(5)10(13)14;;;;;/h4-6,8,14-15,17,22,28H,7,9-13,16,18H2,1-3H3;6-7,9-10,13,15,21H,8,11-12,14H2,1-5H3;7-8H,3-6H2,1-2H3;7-8H,3-6H2,1-2H3;7-8H,3-6,14H2,1-2H3;3-4H,1-2H3,(H,11,12);5*1H4/t22-,28+;15-,21-;;;;;;;;;/m11........./s1. The van der Waals surface area contributed by atoms with Crippen molar-refractivity contribution in [2.75, 3.05) is 138 Å². The van der Waals surface area contributed by atoms with Crippen molar-refractivity contribution >= 4 is 93.8 Å². The first-order chi connectivity index (χ1) is 67.5. The average Bonchev–Trinajstić information content (AvgIpc) is 1.61. The Morgan fingerprint density at radius 3 is 1.10 bits per heavy atom. The second-order valence-electron chi connectivity index (χ2n) is 37.7. The van der Waals surface area contributed by atoms with E-state index in [-0.39, 0.29) is 126 Å². The van der Waals surface area contributed by atoms with E-state index in [0.717, 1.165) is 77.9 Å². The molecule has 0 aromatic heterocycles. The van der Waals surface area contributed by atoms with Gasteiger partial charge >= 0.3 is 25.0 Å². The number of amides is 4. The number of carboxylic acid groups (broad SMARTS) is 1. The van der Waals surface area contributed by atoms with Crippen molar-refractivity contribution in [1.29, 1.82) is 0 Å². The Balaban J connectivity index is 0.000000224. The molecule has 0 saturated carbocycles. The summed E-state index contributed by atoms with van der Waals surface area (Å²) in [6.45, 7) is 37.0. The first kappa shape index (κ1) is 120. The lowest BCUT2D eigenvalue weighted by Gasteiger charge is -2.32. The topological polar surface area (TPSA) is 376 Å². The molecule has 794 valence electrons. The summed E-state index contributed by atoms with van der Waals surface area (Å²) in [4.78, 5) is 112. The average molecular weight is 2150 g/mol. The minimum Gasteiger partial charge on any atom is -0.492 e. The Kier molecular flexibility index (Phi) is 42.7. The van der Waals surface area contributed by atoms with Crippen LogP contribution in [0.4, 0.5) is 25.8 Å². The summed E-state index contributed by atoms with van der Waals surface area (Å²) in [5.74, 6) is 0.415. The van der Waals surface area contributed by atoms with E-state index in [1.54, 1.807) is 36.9 Å². The van der Waals surface area contributed by atoms with Crippen LogP contribution in [-0.4, -0.2) is 227 Å². The van der Waals surface area contributed by atoms with E-state index in [9.17, 15) is 53.8 Å². The molecule has 0 unspecified atom stereocenters. The number of hydrogen-bond acceptors (Lipinski definition) is 24. The number of aryl methyl sites for hydroxylation is 10. The number of esters is 2. The molecule has 0 bridgehead atoms. The summed E-state index contributed by atoms with van der Waals surface area (Å²) in [6.07, 6.45) is 2.36. The third kappa shape index (κ3) is 28.1. The summed E-state index contributed by atoms with van der Waals surface area (Å²) in [5.41, 5.74) is 24.3. The lowest BCUT2D eigenvalue weighted by molar-refractivity contribution is -0.386. The van der Waals surface area contributed by atoms with Gasteiger partial charge in [0.2, 0.25) is 0 Å². The van der Waals surface area contributed by atoms with E-state index in [1.165, 1.54) is 67.0 Å². The number of anilines is 1. The zero-order valence-corrected chi connectivity index (χ0v) is 85.3. The van der Waals surface area contributed by atoms with Gasteiger partial charge in [-0.1, -0.05) is 61.4 Å². The van der Waals surface area contributed by atoms with Crippen molar-refractivity contribution in [3.63, 3.8) is 0 Å². The lowest BCUT2D eigenvalue weighted by Crippen LogP contribution is -2.41. The monoisotopic (exact) mass is 2150 g/mol. The maximum absolute atomic E-state index is 15.3. The number of aromatic carboxylic acids is 1. The Labute approximate surface area is 876 Å². The molecule has 9 aromatic rings. The molecule has 2 aliphatic carbocycles. The van der Waals surface area contributed by atoms with Crippen LogP contribution in [0.15, 0.2) is 121 Å². The summed E-state index contributed by atoms with van der Waals surface area (Å²) >= 11 is 2.32. The van der Waals surface area contributed by atoms with E-state index in [1.807, 2.05) is 163 Å². The van der Waals surface area contributed by atoms with Crippen molar-refractivity contribution < 1.29 is 114 Å². The maximum atomic E-state index is 15.3. The van der Waals surface area contributed by atoms with Crippen LogP contribution in [-0.2, 0) is 60.2 Å². The number of nitro groups is 2. The number of nitro benzene ring substituents is 2. The highest BCUT2D eigenvalue weighted by Crippen LogP contribution is 2.48. The van der Waals surface area contributed by atoms with Gasteiger partial charge in [0, 0.05) is 152 Å². The molecule has 5 fully saturated rings. The van der Waals surface area contributed by atoms with Gasteiger partial charge in [-0.15, -0.1) is 0 Å². The van der Waals surface area contributed by atoms with Crippen molar-refractivity contribution in [2.24, 2.45) is 0 Å². The van der Waals surface area contributed by atoms with Crippen LogP contribution in [0.3, 0.4) is 0 Å². The highest BCUT2D eigenvalue weighted by molar-refractivity contribution is 14.1. The fraction of sp³-hybridized carbons (Fsp3) is 0.455. The van der Waals surface area contributed by atoms with Crippen LogP contribution >= 0.6 is 22.6 Å². The van der Waals surface area contributed by atoms with Gasteiger partial charge in [-0.05, 0) is 291 Å². The van der Waals surface area contributed by atoms with E-state index >= 15 is 8.78 Å². The molecular weight excluding hydrogens is 2000 g/mol. The minimum absolute atomic E-state index is 0. The van der Waals surface area contributed by atoms with Gasteiger partial charge in [-0.2, -0.15) is 0 Å². The van der Waals surface area contributed by atoms with Crippen LogP contribution in [0.1, 0.15) is 255 Å². The molecule has 7 heterocycles. The van der Waals surface area contributed by atoms with Crippen molar-refractivity contribution in [3.8, 4) is 34.1 Å². The number of ether oxygens (including phenoxy) is 10. The summed E-state index contributed by atoms with van der Waals surface area (Å²) in [6, 6.07) is 35.1. The molecule has 147 heavy (non-hydrogen) atoms. The fourth-order valence-corrected chi connectivity index (χ4v) is 19.5. The summed E-state index contributed by atoms with van der Waals surface area (Å²) in [7, 11) is 2.22. The number of rotatable bonds is 17. The number of hydrogen-bond donors (Lipinski definition) is 2. The Morgan fingerprint density at radius 1 is 0.449 bits per heavy atom. The first-order valence-electron chi connectivity index (χ1n) is 47.5. The lowest BCUT2D eigenvalue weighted by atomic mass is 9.75. The zero-order chi connectivity index (χ0) is 103. The quantitative estimate of drug-likeness (QED) is 0.0213. The highest BCUT2D eigenvalue weighted by atomic mass is 127. The Bertz CT molecular complexity index is 6080. The second kappa shape index (κ2) is 52.4. The molecule has 4 atom stereocenters. The molecule has 35 heteroatoms. The largest absolute Gasteiger partial charge is 0.495 e. The zero-order valence-electron chi connectivity index (χ0n) is 83.1. The molecule has 9 aliphatic rings. The van der Waals surface area contributed by atoms with E-state index in [4.69, 9.17) is 67.5 Å². The van der Waals surface area contributed by atoms with Gasteiger partial charge in [-0.25, -0.2) is 13.6 Å². The van der Waals surface area contributed by atoms with Gasteiger partial charge in [0.25, 0.3) is 35.0 Å². The van der Waals surface area contributed by atoms with Crippen molar-refractivity contribution in [1.82, 2.24) is 19.6 Å². The van der Waals surface area contributed by atoms with Crippen LogP contribution in [0.2, 0.25) is 0 Å². The molecule has 3 N–H and O–H groups in total. The third-order valence-corrected chi connectivity index (χ3v) is 29.0. The van der Waals surface area contributed by atoms with Crippen LogP contribution in [0, 0.1) is 105 Å². The minimum atomic E-state index is -1.08. The second-order valence-corrected chi connectivity index (χ2v) is 38.7. The number of fused-ring (bicyclic) bond motifs is 4. The van der Waals surface area contributed by atoms with Gasteiger partial charge in [0.15, 0.2) is 0 Å². The first-order valence-corrected chi connectivity index (χ1v) is 48.6. The molecule has 7 aliphatic heterocycles. The Hall–Kier alpha value is -12.5. The number of halogens is 3. The molecule has 18 rings (SSSR count). The number of nitrogen functional groups attached to an aromatic ring is 1. The van der Waals surface area contributed by atoms with E-state index in [2.05, 4.69) is 22.6 Å². The molecule has 0 spiro atoms. The summed E-state index contributed by atoms with van der Waals surface area (Å²) < 4.78 is 98.9. The predicted octanol–water partition coefficient (Wildman–Crippen LogP) is 20.4. The number of methoxy groups -OCH3 is 2. The van der Waals surface area contributed by atoms with Crippen LogP contribution in [0.5, 0.6) is 23.0 Å². The SMILES string of the molecule is C.C.C.C.C.COC(=O)C[C@@H]1COc2cc(O[C@@H]3CCc4c(B5OC(C)(C)C(C)(C)O5)ccc(F)c43)ccc21.COC(=O)C[C@@H]1COc2cc(O[C@H]3CCc4c(-c5c(C)cc(C(=O)N6CCOCC6)cc5C)ccc(F)c43)ccc21.Cc1cc(C(=O)N2CCOCC2)cc(C)c1I.Cc1cc(C(=O)N2CCOCC2)cc(C)c1N.Cc1cc(C(=O)N2CCOCC2)cc(C)c1[N+](=O)[O-].Cc1cc(C(=O)O)cc(C)c1[N+](=O)[O-]. The normalized spacial score (nSPS) is 17.6. The molecule has 31 nitrogen and oxygen atoms in total. The number of nitrogens with zero attached hydrogens (tertiary/aromatic N) is 6. The van der Waals surface area contributed by atoms with Crippen LogP contribution < -0.4 is 30.1 Å². The number of morpholine rings is 4. The van der Waals surface area contributed by atoms with Gasteiger partial charge in [-0.3, -0.25) is 49.0 Å². The van der Waals surface area contributed by atoms with Gasteiger partial charge < -0.3 is 87.1 Å². The Morgan fingerprint density at radius 2 is 0.762 bits per heavy atom. The molecular formula is C112H143BF2IN7O24. The number of carbonyl (C=O) groups excluding carboxylic acids is 6. The number of nitrogens with two attached hydrogens (primary N) is 1. The smallest absolute Gasteiger partial charge is 0.492 e. The molecule has 5 saturated heterocycles. The number of benzene rings is 9. The predicted molar refractivity (Wildman–Crippen MR) is 571 cm³/mol. The van der Waals surface area contributed by atoms with Gasteiger partial charge in [0.05, 0.1) is 120 Å². The van der Waals surface area contributed by atoms with Crippen molar-refractivity contribution in [3.05, 3.63) is 274 Å². The van der Waals surface area contributed by atoms with Crippen molar-refractivity contribution in [2.45, 2.75) is 208 Å². The van der Waals surface area contributed by atoms with Gasteiger partial charge in [0.1, 0.15) is 46.8 Å². The molecule has 9 aromatic carbocycles. The third-order valence-electron chi connectivity index (χ3n) is 27.3. The number of carbonyl (C=O) groups is 7. The van der Waals surface area contributed by atoms with Crippen LogP contribution in [0.25, 0.3) is 11.1 Å².